The first-order valence-corrected chi connectivity index (χ1v) is 30.8. The molecule has 0 aliphatic carbocycles. The molecule has 0 unspecified atom stereocenters. The van der Waals surface area contributed by atoms with E-state index in [1.165, 1.54) is 91.4 Å². The van der Waals surface area contributed by atoms with E-state index in [0.29, 0.717) is 34.1 Å². The number of rotatable bonds is 30. The maximum absolute atomic E-state index is 13.4. The molecule has 40 heteroatoms. The molecule has 0 aliphatic heterocycles. The molecule has 97 heavy (non-hydrogen) atoms. The zero-order chi connectivity index (χ0) is 69.4. The molecule has 9 aromatic rings. The molecule has 500 valence electrons. The van der Waals surface area contributed by atoms with E-state index in [0.717, 1.165) is 0 Å². The van der Waals surface area contributed by atoms with Gasteiger partial charge < -0.3 is 17.2 Å². The first kappa shape index (κ1) is 68.3. The number of carboxylic acids is 3. The molecule has 0 radical (unpaired) electrons. The fraction of sp³-hybridized carbons (Fsp3) is 0.211. The first-order valence-electron chi connectivity index (χ1n) is 28.5. The zero-order valence-electron chi connectivity index (χ0n) is 49.9. The molecule has 3 amide bonds. The Morgan fingerprint density at radius 2 is 0.670 bits per heavy atom. The summed E-state index contributed by atoms with van der Waals surface area (Å²) in [6, 6.07) is 11.8. The molecule has 6 aromatic heterocycles. The van der Waals surface area contributed by atoms with Crippen molar-refractivity contribution in [1.29, 1.82) is 0 Å². The molecular formula is C57H54AsN21O18. The van der Waals surface area contributed by atoms with E-state index in [1.54, 1.807) is 0 Å². The van der Waals surface area contributed by atoms with Gasteiger partial charge in [0.05, 0.1) is 55.3 Å². The number of carbonyl (C=O) groups excluding carboxylic acids is 6. The molecular weight excluding hydrogens is 1340 g/mol. The van der Waals surface area contributed by atoms with Crippen LogP contribution in [-0.2, 0) is 59.6 Å². The van der Waals surface area contributed by atoms with Gasteiger partial charge in [0, 0.05) is 0 Å². The normalized spacial score (nSPS) is 12.0. The Kier molecular flexibility index (Phi) is 21.8. The van der Waals surface area contributed by atoms with Crippen LogP contribution in [0.2, 0.25) is 0 Å². The van der Waals surface area contributed by atoms with Crippen molar-refractivity contribution < 1.29 is 69.6 Å². The van der Waals surface area contributed by atoms with Gasteiger partial charge in [0.2, 0.25) is 17.8 Å². The maximum atomic E-state index is 13.4. The molecule has 0 fully saturated rings. The van der Waals surface area contributed by atoms with Gasteiger partial charge in [-0.2, -0.15) is 15.0 Å². The molecule has 3 atom stereocenters. The SMILES string of the molecule is Nc1nc2ncc(CNc3ccc(C(=O)N[C@@H](CCC(=O)O[As](OC(=O)CC[C@H](NC(=O)c4ccc(NCc5cnc6nc(N)[nH]c(=O)c6n5)cc4)C(=O)O)OC(=O)CC[C@H](NC(=O)c4ccc(NCc5cnc6nc(N)[nH]c(=O)c6n5)cc4)C(=O)O)C(=O)O)cc3)nc2c(=O)[nH]1. The third-order valence-corrected chi connectivity index (χ3v) is 15.8. The Morgan fingerprint density at radius 3 is 0.918 bits per heavy atom. The number of hydrogen-bond donors (Lipinski definition) is 15. The third-order valence-electron chi connectivity index (χ3n) is 13.6. The van der Waals surface area contributed by atoms with Crippen molar-refractivity contribution in [2.45, 2.75) is 76.3 Å². The smallest absolute Gasteiger partial charge is 0.280 e. The summed E-state index contributed by atoms with van der Waals surface area (Å²) in [5.41, 5.74) is 17.3. The quantitative estimate of drug-likeness (QED) is 0.0246. The van der Waals surface area contributed by atoms with Crippen molar-refractivity contribution in [1.82, 2.24) is 75.8 Å². The molecule has 9 rings (SSSR count). The predicted octanol–water partition coefficient (Wildman–Crippen LogP) is -0.746. The number of nitrogens with two attached hydrogens (primary N) is 3. The Labute approximate surface area is 546 Å². The fourth-order valence-corrected chi connectivity index (χ4v) is 10.5. The van der Waals surface area contributed by atoms with Crippen LogP contribution in [0.3, 0.4) is 0 Å². The molecule has 0 bridgehead atoms. The molecule has 0 saturated carbocycles. The minimum Gasteiger partial charge on any atom is -0.291 e. The number of benzene rings is 3. The van der Waals surface area contributed by atoms with Crippen molar-refractivity contribution >= 4 is 138 Å². The monoisotopic (exact) mass is 1400 g/mol. The Hall–Kier alpha value is -13.1. The van der Waals surface area contributed by atoms with Gasteiger partial charge in [0.15, 0.2) is 33.5 Å². The van der Waals surface area contributed by atoms with E-state index >= 15 is 0 Å². The van der Waals surface area contributed by atoms with Gasteiger partial charge in [0.25, 0.3) is 16.7 Å². The fourth-order valence-electron chi connectivity index (χ4n) is 8.69. The van der Waals surface area contributed by atoms with Crippen molar-refractivity contribution in [3.63, 3.8) is 0 Å². The first-order chi connectivity index (χ1) is 46.4. The molecule has 0 spiro atoms. The van der Waals surface area contributed by atoms with Crippen LogP contribution in [0, 0.1) is 0 Å². The number of hydrogen-bond acceptors (Lipinski definition) is 30. The van der Waals surface area contributed by atoms with Gasteiger partial charge >= 0.3 is 334 Å². The van der Waals surface area contributed by atoms with Crippen molar-refractivity contribution in [2.75, 3.05) is 33.2 Å². The standard InChI is InChI=1S/C57H54AsN21O18/c59-55-74-43-40(49(86)77-55)68-31(22-65-43)19-62-28-7-1-25(2-8-28)46(83)71-34(52(89)90)13-16-37(80)95-58(96-38(81)17-14-35(53(91)92)72-47(84)26-3-9-29(10-4-26)63-20-32-23-66-44-41(69-32)50(87)78-56(60)75-44)97-39(82)18-15-36(54(93)94)73-48(85)27-5-11-30(12-6-27)64-21-33-24-67-45-42(70-33)51(88)79-57(61)76-45/h1-12,22-24,34-36,62-64H,13-21H2,(H,71,83)(H,72,84)(H,73,85)(H,89,90)(H,91,92)(H,93,94)(H3,59,65,74,77,86)(H3,60,66,75,78,87)(H3,61,67,76,79,88)/t34-,35-,36-/m0/s1. The number of carbonyl (C=O) groups is 9. The number of aliphatic carboxylic acids is 3. The van der Waals surface area contributed by atoms with Crippen molar-refractivity contribution in [3.8, 4) is 0 Å². The van der Waals surface area contributed by atoms with E-state index < -0.39 is 143 Å². The number of anilines is 6. The Morgan fingerprint density at radius 1 is 0.412 bits per heavy atom. The van der Waals surface area contributed by atoms with E-state index in [9.17, 15) is 72.9 Å². The summed E-state index contributed by atoms with van der Waals surface area (Å²) < 4.78 is 15.8. The summed E-state index contributed by atoms with van der Waals surface area (Å²) in [5.74, 6) is -11.8. The number of nitrogens with one attached hydrogen (secondary N) is 9. The maximum Gasteiger partial charge on any atom is 0.280 e. The van der Waals surface area contributed by atoms with Crippen LogP contribution >= 0.6 is 0 Å². The second-order valence-electron chi connectivity index (χ2n) is 20.6. The number of aromatic nitrogens is 12. The second kappa shape index (κ2) is 31.0. The van der Waals surface area contributed by atoms with E-state index in [4.69, 9.17) is 28.4 Å². The summed E-state index contributed by atoms with van der Waals surface area (Å²) in [6.07, 6.45) is -0.240. The van der Waals surface area contributed by atoms with Crippen LogP contribution in [0.5, 0.6) is 0 Å². The molecule has 6 heterocycles. The number of nitrogens with zero attached hydrogens (tertiary/aromatic N) is 9. The van der Waals surface area contributed by atoms with Crippen LogP contribution in [0.4, 0.5) is 34.9 Å². The summed E-state index contributed by atoms with van der Waals surface area (Å²) >= 11 is -4.50. The molecule has 3 aromatic carbocycles. The average molecular weight is 1400 g/mol. The summed E-state index contributed by atoms with van der Waals surface area (Å²) in [4.78, 5) is 198. The zero-order valence-corrected chi connectivity index (χ0v) is 51.8. The molecule has 39 nitrogen and oxygen atoms in total. The van der Waals surface area contributed by atoms with E-state index in [1.807, 2.05) is 0 Å². The topological polar surface area (TPSA) is 607 Å². The minimum absolute atomic E-state index is 0.0133. The number of aromatic amines is 3. The number of fused-ring (bicyclic) bond motifs is 3. The van der Waals surface area contributed by atoms with Crippen LogP contribution in [0.15, 0.2) is 106 Å². The van der Waals surface area contributed by atoms with Crippen molar-refractivity contribution in [2.24, 2.45) is 0 Å². The third kappa shape index (κ3) is 18.8. The predicted molar refractivity (Wildman–Crippen MR) is 337 cm³/mol. The summed E-state index contributed by atoms with van der Waals surface area (Å²) in [7, 11) is 0. The second-order valence-corrected chi connectivity index (χ2v) is 22.7. The Bertz CT molecular complexity index is 4250. The average Bonchev–Trinajstić information content (AvgIpc) is 0.830. The largest absolute Gasteiger partial charge is 0.291 e. The molecule has 0 saturated heterocycles. The van der Waals surface area contributed by atoms with E-state index in [2.05, 4.69) is 91.7 Å². The van der Waals surface area contributed by atoms with E-state index in [-0.39, 0.29) is 87.7 Å². The molecule has 18 N–H and O–H groups in total. The van der Waals surface area contributed by atoms with Gasteiger partial charge in [-0.1, -0.05) is 0 Å². The number of nitrogen functional groups attached to an aromatic ring is 3. The van der Waals surface area contributed by atoms with Gasteiger partial charge in [-0.05, 0) is 0 Å². The number of H-pyrrole nitrogens is 3. The van der Waals surface area contributed by atoms with Gasteiger partial charge in [-0.25, -0.2) is 29.9 Å². The Balaban J connectivity index is 0.794. The minimum atomic E-state index is -4.50. The summed E-state index contributed by atoms with van der Waals surface area (Å²) in [5, 5.41) is 46.1. The van der Waals surface area contributed by atoms with Gasteiger partial charge in [0.1, 0.15) is 0 Å². The number of amides is 3. The van der Waals surface area contributed by atoms with Crippen LogP contribution in [0.25, 0.3) is 33.5 Å². The summed E-state index contributed by atoms with van der Waals surface area (Å²) in [6.45, 7) is 0.232. The van der Waals surface area contributed by atoms with Gasteiger partial charge in [-0.3, -0.25) is 29.3 Å². The van der Waals surface area contributed by atoms with Crippen LogP contribution < -0.4 is 65.8 Å². The van der Waals surface area contributed by atoms with Crippen molar-refractivity contribution in [3.05, 3.63) is 156 Å². The van der Waals surface area contributed by atoms with Crippen LogP contribution in [0.1, 0.15) is 86.7 Å². The number of carboxylic acid groups (broad SMARTS) is 3. The van der Waals surface area contributed by atoms with Gasteiger partial charge in [-0.15, -0.1) is 0 Å². The van der Waals surface area contributed by atoms with Crippen LogP contribution in [-0.4, -0.2) is 162 Å². The molecule has 0 aliphatic rings.